The Morgan fingerprint density at radius 1 is 1.28 bits per heavy atom. The SMILES string of the molecule is COc1ccc2cc(-c3cc(SC)ccc3N3CCC(O)C3)[nH]c2n1. The van der Waals surface area contributed by atoms with E-state index in [0.29, 0.717) is 12.4 Å². The lowest BCUT2D eigenvalue weighted by Crippen LogP contribution is -2.21. The number of aliphatic hydroxyl groups excluding tert-OH is 1. The molecule has 0 aliphatic carbocycles. The van der Waals surface area contributed by atoms with Crippen molar-refractivity contribution in [3.63, 3.8) is 0 Å². The number of anilines is 1. The van der Waals surface area contributed by atoms with Gasteiger partial charge in [-0.3, -0.25) is 0 Å². The second-order valence-electron chi connectivity index (χ2n) is 6.25. The summed E-state index contributed by atoms with van der Waals surface area (Å²) in [6, 6.07) is 12.5. The van der Waals surface area contributed by atoms with Crippen LogP contribution in [0.4, 0.5) is 5.69 Å². The molecule has 0 radical (unpaired) electrons. The van der Waals surface area contributed by atoms with Crippen LogP contribution in [0.1, 0.15) is 6.42 Å². The minimum Gasteiger partial charge on any atom is -0.481 e. The molecule has 1 fully saturated rings. The molecule has 2 N–H and O–H groups in total. The minimum absolute atomic E-state index is 0.248. The van der Waals surface area contributed by atoms with Crippen molar-refractivity contribution < 1.29 is 9.84 Å². The zero-order valence-electron chi connectivity index (χ0n) is 14.3. The van der Waals surface area contributed by atoms with E-state index in [2.05, 4.69) is 45.4 Å². The molecule has 0 amide bonds. The third-order valence-corrected chi connectivity index (χ3v) is 5.39. The van der Waals surface area contributed by atoms with Crippen LogP contribution in [0.25, 0.3) is 22.3 Å². The lowest BCUT2D eigenvalue weighted by atomic mass is 10.1. The van der Waals surface area contributed by atoms with Gasteiger partial charge >= 0.3 is 0 Å². The third-order valence-electron chi connectivity index (χ3n) is 4.66. The number of hydrogen-bond donors (Lipinski definition) is 2. The Hall–Kier alpha value is -2.18. The first-order chi connectivity index (χ1) is 12.2. The summed E-state index contributed by atoms with van der Waals surface area (Å²) in [5.41, 5.74) is 4.13. The fraction of sp³-hybridized carbons (Fsp3) is 0.316. The Kier molecular flexibility index (Phi) is 4.31. The minimum atomic E-state index is -0.248. The number of aliphatic hydroxyl groups is 1. The Labute approximate surface area is 151 Å². The highest BCUT2D eigenvalue weighted by Gasteiger charge is 2.23. The summed E-state index contributed by atoms with van der Waals surface area (Å²) in [6.07, 6.45) is 2.65. The molecule has 1 aliphatic rings. The standard InChI is InChI=1S/C19H21N3O2S/c1-24-18-6-3-12-9-16(20-19(12)21-18)15-10-14(25-2)4-5-17(15)22-8-7-13(23)11-22/h3-6,9-10,13,23H,7-8,11H2,1-2H3,(H,20,21). The number of H-pyrrole nitrogens is 1. The lowest BCUT2D eigenvalue weighted by Gasteiger charge is -2.21. The van der Waals surface area contributed by atoms with Gasteiger partial charge in [-0.25, -0.2) is 0 Å². The molecule has 130 valence electrons. The van der Waals surface area contributed by atoms with E-state index in [9.17, 15) is 5.11 Å². The van der Waals surface area contributed by atoms with Crippen LogP contribution in [-0.2, 0) is 0 Å². The first-order valence-corrected chi connectivity index (χ1v) is 9.55. The third kappa shape index (κ3) is 3.07. The van der Waals surface area contributed by atoms with Crippen molar-refractivity contribution in [2.45, 2.75) is 17.4 Å². The van der Waals surface area contributed by atoms with Gasteiger partial charge < -0.3 is 19.7 Å². The predicted molar refractivity (Wildman–Crippen MR) is 103 cm³/mol. The van der Waals surface area contributed by atoms with Gasteiger partial charge in [0.25, 0.3) is 0 Å². The molecule has 1 saturated heterocycles. The molecule has 5 nitrogen and oxygen atoms in total. The molecule has 1 aliphatic heterocycles. The molecule has 0 spiro atoms. The monoisotopic (exact) mass is 355 g/mol. The molecule has 2 aromatic heterocycles. The van der Waals surface area contributed by atoms with Gasteiger partial charge in [-0.1, -0.05) is 0 Å². The number of aromatic amines is 1. The lowest BCUT2D eigenvalue weighted by molar-refractivity contribution is 0.198. The average Bonchev–Trinajstić information content (AvgIpc) is 3.26. The summed E-state index contributed by atoms with van der Waals surface area (Å²) in [7, 11) is 1.62. The zero-order valence-corrected chi connectivity index (χ0v) is 15.1. The van der Waals surface area contributed by atoms with Crippen molar-refractivity contribution in [3.8, 4) is 17.1 Å². The summed E-state index contributed by atoms with van der Waals surface area (Å²) >= 11 is 1.72. The molecule has 1 unspecified atom stereocenters. The maximum atomic E-state index is 9.92. The van der Waals surface area contributed by atoms with E-state index in [1.807, 2.05) is 12.1 Å². The van der Waals surface area contributed by atoms with Crippen molar-refractivity contribution in [2.75, 3.05) is 31.4 Å². The highest BCUT2D eigenvalue weighted by atomic mass is 32.2. The maximum absolute atomic E-state index is 9.92. The number of hydrogen-bond acceptors (Lipinski definition) is 5. The topological polar surface area (TPSA) is 61.4 Å². The Bertz CT molecular complexity index is 909. The number of aromatic nitrogens is 2. The second-order valence-corrected chi connectivity index (χ2v) is 7.13. The largest absolute Gasteiger partial charge is 0.481 e. The molecular weight excluding hydrogens is 334 g/mol. The summed E-state index contributed by atoms with van der Waals surface area (Å²) < 4.78 is 5.22. The molecule has 6 heteroatoms. The van der Waals surface area contributed by atoms with Gasteiger partial charge in [0.15, 0.2) is 0 Å². The fourth-order valence-electron chi connectivity index (χ4n) is 3.34. The van der Waals surface area contributed by atoms with E-state index in [0.717, 1.165) is 40.9 Å². The number of nitrogens with zero attached hydrogens (tertiary/aromatic N) is 2. The summed E-state index contributed by atoms with van der Waals surface area (Å²) in [5.74, 6) is 0.599. The number of β-amino-alcohol motifs (C(OH)–C–C–N with tert-alkyl or cyclic N) is 1. The van der Waals surface area contributed by atoms with Gasteiger partial charge in [0.05, 0.1) is 13.2 Å². The van der Waals surface area contributed by atoms with Gasteiger partial charge in [-0.15, -0.1) is 11.8 Å². The van der Waals surface area contributed by atoms with Crippen LogP contribution < -0.4 is 9.64 Å². The van der Waals surface area contributed by atoms with E-state index < -0.39 is 0 Å². The van der Waals surface area contributed by atoms with Crippen molar-refractivity contribution in [2.24, 2.45) is 0 Å². The number of fused-ring (bicyclic) bond motifs is 1. The smallest absolute Gasteiger partial charge is 0.214 e. The van der Waals surface area contributed by atoms with E-state index >= 15 is 0 Å². The Morgan fingerprint density at radius 3 is 2.88 bits per heavy atom. The van der Waals surface area contributed by atoms with Gasteiger partial charge in [-0.05, 0) is 43.0 Å². The van der Waals surface area contributed by atoms with Crippen LogP contribution in [0.3, 0.4) is 0 Å². The molecule has 0 saturated carbocycles. The van der Waals surface area contributed by atoms with Crippen molar-refractivity contribution in [1.29, 1.82) is 0 Å². The molecular formula is C19H21N3O2S. The van der Waals surface area contributed by atoms with Gasteiger partial charge in [0.2, 0.25) is 5.88 Å². The number of benzene rings is 1. The number of methoxy groups -OCH3 is 1. The number of rotatable bonds is 4. The van der Waals surface area contributed by atoms with E-state index in [1.54, 1.807) is 18.9 Å². The Morgan fingerprint density at radius 2 is 2.16 bits per heavy atom. The van der Waals surface area contributed by atoms with E-state index in [-0.39, 0.29) is 6.10 Å². The molecule has 3 heterocycles. The zero-order chi connectivity index (χ0) is 17.4. The molecule has 1 aromatic carbocycles. The predicted octanol–water partition coefficient (Wildman–Crippen LogP) is 3.53. The molecule has 0 bridgehead atoms. The highest BCUT2D eigenvalue weighted by Crippen LogP contribution is 2.36. The Balaban J connectivity index is 1.82. The molecule has 1 atom stereocenters. The maximum Gasteiger partial charge on any atom is 0.214 e. The molecule has 3 aromatic rings. The molecule has 25 heavy (non-hydrogen) atoms. The van der Waals surface area contributed by atoms with Gasteiger partial charge in [0, 0.05) is 46.4 Å². The summed E-state index contributed by atoms with van der Waals surface area (Å²) in [4.78, 5) is 11.4. The normalized spacial score (nSPS) is 17.4. The van der Waals surface area contributed by atoms with E-state index in [4.69, 9.17) is 4.74 Å². The van der Waals surface area contributed by atoms with Crippen LogP contribution in [0, 0.1) is 0 Å². The van der Waals surface area contributed by atoms with Crippen molar-refractivity contribution in [3.05, 3.63) is 36.4 Å². The van der Waals surface area contributed by atoms with Gasteiger partial charge in [0.1, 0.15) is 5.65 Å². The second kappa shape index (κ2) is 6.61. The summed E-state index contributed by atoms with van der Waals surface area (Å²) in [6.45, 7) is 1.55. The number of thioether (sulfide) groups is 1. The van der Waals surface area contributed by atoms with Crippen LogP contribution >= 0.6 is 11.8 Å². The first kappa shape index (κ1) is 16.3. The average molecular weight is 355 g/mol. The van der Waals surface area contributed by atoms with Crippen molar-refractivity contribution >= 4 is 28.5 Å². The summed E-state index contributed by atoms with van der Waals surface area (Å²) in [5, 5.41) is 11.0. The quantitative estimate of drug-likeness (QED) is 0.701. The van der Waals surface area contributed by atoms with Crippen LogP contribution in [0.2, 0.25) is 0 Å². The number of nitrogens with one attached hydrogen (secondary N) is 1. The first-order valence-electron chi connectivity index (χ1n) is 8.33. The highest BCUT2D eigenvalue weighted by molar-refractivity contribution is 7.98. The van der Waals surface area contributed by atoms with Crippen LogP contribution in [0.5, 0.6) is 5.88 Å². The van der Waals surface area contributed by atoms with Crippen LogP contribution in [0.15, 0.2) is 41.3 Å². The van der Waals surface area contributed by atoms with Crippen LogP contribution in [-0.4, -0.2) is 47.6 Å². The van der Waals surface area contributed by atoms with Gasteiger partial charge in [-0.2, -0.15) is 4.98 Å². The molecule has 4 rings (SSSR count). The van der Waals surface area contributed by atoms with Crippen molar-refractivity contribution in [1.82, 2.24) is 9.97 Å². The number of ether oxygens (including phenoxy) is 1. The number of pyridine rings is 1. The fourth-order valence-corrected chi connectivity index (χ4v) is 3.78. The van der Waals surface area contributed by atoms with E-state index in [1.165, 1.54) is 4.90 Å².